The number of aliphatic hydroxyl groups is 1. The topological polar surface area (TPSA) is 46.2 Å². The Morgan fingerprint density at radius 2 is 1.63 bits per heavy atom. The summed E-state index contributed by atoms with van der Waals surface area (Å²) in [5.41, 5.74) is 6.45. The van der Waals surface area contributed by atoms with Crippen LogP contribution in [0, 0.1) is 22.7 Å². The molecule has 1 rings (SSSR count). The summed E-state index contributed by atoms with van der Waals surface area (Å²) in [4.78, 5) is 0. The van der Waals surface area contributed by atoms with Gasteiger partial charge in [0.15, 0.2) is 0 Å². The van der Waals surface area contributed by atoms with Crippen molar-refractivity contribution in [2.75, 3.05) is 6.54 Å². The molecule has 0 spiro atoms. The maximum atomic E-state index is 10.8. The molecule has 1 fully saturated rings. The second-order valence-electron chi connectivity index (χ2n) is 7.73. The van der Waals surface area contributed by atoms with Crippen LogP contribution in [-0.2, 0) is 0 Å². The van der Waals surface area contributed by atoms with Gasteiger partial charge in [0.25, 0.3) is 0 Å². The lowest BCUT2D eigenvalue weighted by Gasteiger charge is -2.47. The van der Waals surface area contributed by atoms with Crippen LogP contribution in [0.3, 0.4) is 0 Å². The Labute approximate surface area is 120 Å². The molecule has 0 radical (unpaired) electrons. The van der Waals surface area contributed by atoms with E-state index in [9.17, 15) is 5.11 Å². The predicted octanol–water partition coefficient (Wildman–Crippen LogP) is 3.96. The van der Waals surface area contributed by atoms with E-state index in [4.69, 9.17) is 5.73 Å². The van der Waals surface area contributed by atoms with Crippen molar-refractivity contribution in [2.45, 2.75) is 79.2 Å². The van der Waals surface area contributed by atoms with Gasteiger partial charge in [0, 0.05) is 12.0 Å². The molecular formula is C17H35NO. The molecule has 1 aliphatic carbocycles. The molecule has 1 atom stereocenters. The van der Waals surface area contributed by atoms with Crippen molar-refractivity contribution in [2.24, 2.45) is 28.4 Å². The first-order valence-corrected chi connectivity index (χ1v) is 8.18. The summed E-state index contributed by atoms with van der Waals surface area (Å²) in [5, 5.41) is 10.8. The summed E-state index contributed by atoms with van der Waals surface area (Å²) >= 11 is 0. The summed E-state index contributed by atoms with van der Waals surface area (Å²) in [6, 6.07) is 0. The Morgan fingerprint density at radius 3 is 1.95 bits per heavy atom. The highest BCUT2D eigenvalue weighted by atomic mass is 16.3. The first kappa shape index (κ1) is 17.0. The van der Waals surface area contributed by atoms with Gasteiger partial charge in [-0.05, 0) is 42.9 Å². The predicted molar refractivity (Wildman–Crippen MR) is 83.0 cm³/mol. The van der Waals surface area contributed by atoms with Gasteiger partial charge in [0.05, 0.1) is 6.10 Å². The summed E-state index contributed by atoms with van der Waals surface area (Å²) in [6.07, 6.45) is 6.54. The Kier molecular flexibility index (Phi) is 5.88. The van der Waals surface area contributed by atoms with E-state index in [1.807, 2.05) is 0 Å². The second-order valence-corrected chi connectivity index (χ2v) is 7.73. The molecule has 0 aromatic carbocycles. The van der Waals surface area contributed by atoms with Gasteiger partial charge in [-0.25, -0.2) is 0 Å². The zero-order valence-corrected chi connectivity index (χ0v) is 13.7. The van der Waals surface area contributed by atoms with Crippen molar-refractivity contribution < 1.29 is 5.11 Å². The van der Waals surface area contributed by atoms with Crippen molar-refractivity contribution in [3.05, 3.63) is 0 Å². The summed E-state index contributed by atoms with van der Waals surface area (Å²) < 4.78 is 0. The minimum absolute atomic E-state index is 0.0154. The quantitative estimate of drug-likeness (QED) is 0.793. The number of rotatable bonds is 5. The molecule has 0 aliphatic heterocycles. The third kappa shape index (κ3) is 3.72. The number of aliphatic hydroxyl groups excluding tert-OH is 1. The van der Waals surface area contributed by atoms with Crippen LogP contribution < -0.4 is 5.73 Å². The van der Waals surface area contributed by atoms with Crippen LogP contribution in [-0.4, -0.2) is 17.8 Å². The molecule has 0 bridgehead atoms. The van der Waals surface area contributed by atoms with Crippen LogP contribution in [0.25, 0.3) is 0 Å². The molecule has 3 N–H and O–H groups in total. The first-order chi connectivity index (χ1) is 8.80. The minimum Gasteiger partial charge on any atom is -0.392 e. The van der Waals surface area contributed by atoms with Crippen molar-refractivity contribution >= 4 is 0 Å². The van der Waals surface area contributed by atoms with Crippen LogP contribution in [0.1, 0.15) is 73.1 Å². The van der Waals surface area contributed by atoms with Crippen LogP contribution in [0.2, 0.25) is 0 Å². The molecule has 0 saturated heterocycles. The van der Waals surface area contributed by atoms with Crippen LogP contribution in [0.15, 0.2) is 0 Å². The smallest absolute Gasteiger partial charge is 0.0636 e. The third-order valence-corrected chi connectivity index (χ3v) is 5.74. The summed E-state index contributed by atoms with van der Waals surface area (Å²) in [7, 11) is 0. The van der Waals surface area contributed by atoms with Crippen molar-refractivity contribution in [1.29, 1.82) is 0 Å². The molecule has 2 nitrogen and oxygen atoms in total. The zero-order valence-electron chi connectivity index (χ0n) is 13.7. The maximum absolute atomic E-state index is 10.8. The molecule has 0 aromatic heterocycles. The van der Waals surface area contributed by atoms with E-state index in [1.54, 1.807) is 0 Å². The molecule has 114 valence electrons. The van der Waals surface area contributed by atoms with Crippen molar-refractivity contribution in [1.82, 2.24) is 0 Å². The van der Waals surface area contributed by atoms with Gasteiger partial charge in [-0.2, -0.15) is 0 Å². The van der Waals surface area contributed by atoms with Crippen LogP contribution in [0.4, 0.5) is 0 Å². The molecule has 0 amide bonds. The monoisotopic (exact) mass is 269 g/mol. The van der Waals surface area contributed by atoms with E-state index in [2.05, 4.69) is 34.6 Å². The van der Waals surface area contributed by atoms with E-state index in [0.717, 1.165) is 31.6 Å². The fourth-order valence-electron chi connectivity index (χ4n) is 3.91. The van der Waals surface area contributed by atoms with E-state index >= 15 is 0 Å². The Morgan fingerprint density at radius 1 is 1.16 bits per heavy atom. The lowest BCUT2D eigenvalue weighted by Crippen LogP contribution is -2.48. The van der Waals surface area contributed by atoms with Crippen molar-refractivity contribution in [3.8, 4) is 0 Å². The number of hydrogen-bond acceptors (Lipinski definition) is 2. The highest BCUT2D eigenvalue weighted by molar-refractivity contribution is 4.95. The average Bonchev–Trinajstić information content (AvgIpc) is 2.39. The van der Waals surface area contributed by atoms with Gasteiger partial charge in [0.2, 0.25) is 0 Å². The fraction of sp³-hybridized carbons (Fsp3) is 1.00. The van der Waals surface area contributed by atoms with Gasteiger partial charge in [0.1, 0.15) is 0 Å². The summed E-state index contributed by atoms with van der Waals surface area (Å²) in [6.45, 7) is 12.0. The van der Waals surface area contributed by atoms with E-state index in [-0.39, 0.29) is 11.5 Å². The lowest BCUT2D eigenvalue weighted by molar-refractivity contribution is -0.0554. The normalized spacial score (nSPS) is 30.6. The Balaban J connectivity index is 2.75. The Bertz CT molecular complexity index is 257. The Hall–Kier alpha value is -0.0800. The van der Waals surface area contributed by atoms with Gasteiger partial charge in [-0.1, -0.05) is 47.5 Å². The average molecular weight is 269 g/mol. The largest absolute Gasteiger partial charge is 0.392 e. The first-order valence-electron chi connectivity index (χ1n) is 8.18. The highest BCUT2D eigenvalue weighted by Gasteiger charge is 2.44. The molecule has 0 heterocycles. The molecule has 1 unspecified atom stereocenters. The van der Waals surface area contributed by atoms with Gasteiger partial charge in [-0.3, -0.25) is 0 Å². The highest BCUT2D eigenvalue weighted by Crippen LogP contribution is 2.48. The number of hydrogen-bond donors (Lipinski definition) is 2. The SMILES string of the molecule is CCC(CC)C(O)C1(CN)CCC(C(C)(C)C)CC1. The van der Waals surface area contributed by atoms with Crippen molar-refractivity contribution in [3.63, 3.8) is 0 Å². The molecule has 19 heavy (non-hydrogen) atoms. The number of nitrogens with two attached hydrogens (primary N) is 1. The van der Waals surface area contributed by atoms with Crippen LogP contribution in [0.5, 0.6) is 0 Å². The summed E-state index contributed by atoms with van der Waals surface area (Å²) in [5.74, 6) is 1.19. The second kappa shape index (κ2) is 6.58. The van der Waals surface area contributed by atoms with E-state index < -0.39 is 0 Å². The third-order valence-electron chi connectivity index (χ3n) is 5.74. The molecule has 1 saturated carbocycles. The maximum Gasteiger partial charge on any atom is 0.0636 e. The van der Waals surface area contributed by atoms with E-state index in [0.29, 0.717) is 17.9 Å². The van der Waals surface area contributed by atoms with Gasteiger partial charge < -0.3 is 10.8 Å². The minimum atomic E-state index is -0.214. The lowest BCUT2D eigenvalue weighted by atomic mass is 9.60. The van der Waals surface area contributed by atoms with Gasteiger partial charge in [-0.15, -0.1) is 0 Å². The molecule has 2 heteroatoms. The standard InChI is InChI=1S/C17H35NO/c1-6-13(7-2)15(19)17(12-18)10-8-14(9-11-17)16(3,4)5/h13-15,19H,6-12,18H2,1-5H3. The van der Waals surface area contributed by atoms with Crippen LogP contribution >= 0.6 is 0 Å². The fourth-order valence-corrected chi connectivity index (χ4v) is 3.91. The van der Waals surface area contributed by atoms with Gasteiger partial charge >= 0.3 is 0 Å². The molecular weight excluding hydrogens is 234 g/mol. The molecule has 0 aromatic rings. The zero-order chi connectivity index (χ0) is 14.7. The molecule has 1 aliphatic rings. The van der Waals surface area contributed by atoms with E-state index in [1.165, 1.54) is 12.8 Å².